The fourth-order valence-electron chi connectivity index (χ4n) is 2.66. The molecule has 3 rings (SSSR count). The number of rotatable bonds is 3. The van der Waals surface area contributed by atoms with Crippen molar-refractivity contribution in [2.45, 2.75) is 44.2 Å². The highest BCUT2D eigenvalue weighted by Gasteiger charge is 2.29. The summed E-state index contributed by atoms with van der Waals surface area (Å²) in [6.07, 6.45) is 2.00. The van der Waals surface area contributed by atoms with E-state index in [0.717, 1.165) is 30.4 Å². The van der Waals surface area contributed by atoms with E-state index in [1.807, 2.05) is 31.2 Å². The first-order valence-electron chi connectivity index (χ1n) is 6.97. The third kappa shape index (κ3) is 2.59. The van der Waals surface area contributed by atoms with E-state index in [0.29, 0.717) is 11.7 Å². The molecule has 20 heavy (non-hydrogen) atoms. The van der Waals surface area contributed by atoms with Crippen LogP contribution >= 0.6 is 0 Å². The average Bonchev–Trinajstić information content (AvgIpc) is 3.07. The molecule has 106 valence electrons. The summed E-state index contributed by atoms with van der Waals surface area (Å²) in [6.45, 7) is 2.01. The second-order valence-corrected chi connectivity index (χ2v) is 5.57. The second-order valence-electron chi connectivity index (χ2n) is 5.57. The number of aliphatic hydroxyl groups is 1. The number of aromatic nitrogens is 2. The van der Waals surface area contributed by atoms with E-state index >= 15 is 0 Å². The van der Waals surface area contributed by atoms with E-state index in [4.69, 9.17) is 10.3 Å². The zero-order valence-corrected chi connectivity index (χ0v) is 11.5. The first-order chi connectivity index (χ1) is 9.63. The maximum atomic E-state index is 10.3. The Kier molecular flexibility index (Phi) is 3.54. The summed E-state index contributed by atoms with van der Waals surface area (Å²) in [4.78, 5) is 4.34. The van der Waals surface area contributed by atoms with Gasteiger partial charge in [0.25, 0.3) is 0 Å². The minimum Gasteiger partial charge on any atom is -0.380 e. The number of hydrogen-bond acceptors (Lipinski definition) is 5. The molecule has 1 saturated carbocycles. The Morgan fingerprint density at radius 1 is 1.30 bits per heavy atom. The molecular weight excluding hydrogens is 254 g/mol. The second kappa shape index (κ2) is 5.34. The SMILES string of the molecule is Cc1ccc(C(O)c2noc(C3CCC(N)C3)n2)cc1. The molecule has 5 heteroatoms. The van der Waals surface area contributed by atoms with Gasteiger partial charge in [-0.2, -0.15) is 4.98 Å². The van der Waals surface area contributed by atoms with E-state index in [1.165, 1.54) is 0 Å². The molecule has 0 bridgehead atoms. The zero-order chi connectivity index (χ0) is 14.1. The van der Waals surface area contributed by atoms with Gasteiger partial charge in [0.1, 0.15) is 6.10 Å². The number of aryl methyl sites for hydroxylation is 1. The van der Waals surface area contributed by atoms with Crippen molar-refractivity contribution in [3.05, 3.63) is 47.1 Å². The summed E-state index contributed by atoms with van der Waals surface area (Å²) < 4.78 is 5.29. The number of hydrogen-bond donors (Lipinski definition) is 2. The molecule has 1 aliphatic carbocycles. The number of nitrogens with zero attached hydrogens (tertiary/aromatic N) is 2. The Labute approximate surface area is 117 Å². The van der Waals surface area contributed by atoms with Gasteiger partial charge in [-0.25, -0.2) is 0 Å². The van der Waals surface area contributed by atoms with Crippen LogP contribution in [0.2, 0.25) is 0 Å². The monoisotopic (exact) mass is 273 g/mol. The van der Waals surface area contributed by atoms with Crippen LogP contribution < -0.4 is 5.73 Å². The summed E-state index contributed by atoms with van der Waals surface area (Å²) in [5, 5.41) is 14.2. The van der Waals surface area contributed by atoms with Crippen molar-refractivity contribution in [1.29, 1.82) is 0 Å². The van der Waals surface area contributed by atoms with Crippen molar-refractivity contribution in [1.82, 2.24) is 10.1 Å². The fourth-order valence-corrected chi connectivity index (χ4v) is 2.66. The van der Waals surface area contributed by atoms with Crippen molar-refractivity contribution in [3.63, 3.8) is 0 Å². The van der Waals surface area contributed by atoms with Gasteiger partial charge in [-0.3, -0.25) is 0 Å². The molecule has 3 N–H and O–H groups in total. The van der Waals surface area contributed by atoms with Crippen LogP contribution in [0, 0.1) is 6.92 Å². The van der Waals surface area contributed by atoms with Gasteiger partial charge in [-0.15, -0.1) is 0 Å². The molecule has 3 atom stereocenters. The Morgan fingerprint density at radius 3 is 2.70 bits per heavy atom. The molecule has 1 heterocycles. The van der Waals surface area contributed by atoms with Crippen molar-refractivity contribution in [2.24, 2.45) is 5.73 Å². The topological polar surface area (TPSA) is 85.2 Å². The Morgan fingerprint density at radius 2 is 2.05 bits per heavy atom. The molecule has 0 radical (unpaired) electrons. The van der Waals surface area contributed by atoms with Crippen molar-refractivity contribution in [3.8, 4) is 0 Å². The van der Waals surface area contributed by atoms with Crippen molar-refractivity contribution >= 4 is 0 Å². The Hall–Kier alpha value is -1.72. The van der Waals surface area contributed by atoms with Crippen LogP contribution in [-0.4, -0.2) is 21.3 Å². The highest BCUT2D eigenvalue weighted by molar-refractivity contribution is 5.26. The van der Waals surface area contributed by atoms with Gasteiger partial charge in [-0.1, -0.05) is 35.0 Å². The van der Waals surface area contributed by atoms with Gasteiger partial charge in [0.05, 0.1) is 0 Å². The van der Waals surface area contributed by atoms with Gasteiger partial charge in [0.15, 0.2) is 0 Å². The smallest absolute Gasteiger partial charge is 0.229 e. The van der Waals surface area contributed by atoms with Gasteiger partial charge in [0.2, 0.25) is 11.7 Å². The third-order valence-corrected chi connectivity index (χ3v) is 3.92. The minimum absolute atomic E-state index is 0.220. The Balaban J connectivity index is 1.77. The first-order valence-corrected chi connectivity index (χ1v) is 6.97. The van der Waals surface area contributed by atoms with Crippen LogP contribution in [0.1, 0.15) is 54.1 Å². The molecule has 5 nitrogen and oxygen atoms in total. The van der Waals surface area contributed by atoms with E-state index < -0.39 is 6.10 Å². The van der Waals surface area contributed by atoms with Gasteiger partial charge in [-0.05, 0) is 31.7 Å². The molecule has 1 aliphatic rings. The molecule has 0 saturated heterocycles. The van der Waals surface area contributed by atoms with E-state index in [9.17, 15) is 5.11 Å². The molecule has 0 spiro atoms. The lowest BCUT2D eigenvalue weighted by molar-refractivity contribution is 0.204. The van der Waals surface area contributed by atoms with Crippen molar-refractivity contribution in [2.75, 3.05) is 0 Å². The van der Waals surface area contributed by atoms with Gasteiger partial charge in [0, 0.05) is 12.0 Å². The number of benzene rings is 1. The third-order valence-electron chi connectivity index (χ3n) is 3.92. The Bertz CT molecular complexity index is 579. The number of nitrogens with two attached hydrogens (primary N) is 1. The lowest BCUT2D eigenvalue weighted by atomic mass is 10.1. The van der Waals surface area contributed by atoms with Crippen LogP contribution in [0.3, 0.4) is 0 Å². The van der Waals surface area contributed by atoms with Gasteiger partial charge >= 0.3 is 0 Å². The number of aliphatic hydroxyl groups excluding tert-OH is 1. The van der Waals surface area contributed by atoms with Crippen molar-refractivity contribution < 1.29 is 9.63 Å². The predicted molar refractivity (Wildman–Crippen MR) is 74.1 cm³/mol. The normalized spacial score (nSPS) is 23.9. The standard InChI is InChI=1S/C15H19N3O2/c1-9-2-4-10(5-3-9)13(19)14-17-15(20-18-14)11-6-7-12(16)8-11/h2-5,11-13,19H,6-8,16H2,1H3. The molecule has 1 aromatic carbocycles. The lowest BCUT2D eigenvalue weighted by Crippen LogP contribution is -2.14. The summed E-state index contributed by atoms with van der Waals surface area (Å²) >= 11 is 0. The minimum atomic E-state index is -0.844. The van der Waals surface area contributed by atoms with E-state index in [2.05, 4.69) is 10.1 Å². The molecule has 1 aromatic heterocycles. The summed E-state index contributed by atoms with van der Waals surface area (Å²) in [5.41, 5.74) is 7.81. The highest BCUT2D eigenvalue weighted by atomic mass is 16.5. The van der Waals surface area contributed by atoms with Crippen LogP contribution in [0.25, 0.3) is 0 Å². The van der Waals surface area contributed by atoms with E-state index in [-0.39, 0.29) is 12.0 Å². The maximum Gasteiger partial charge on any atom is 0.229 e. The van der Waals surface area contributed by atoms with Crippen LogP contribution in [0.4, 0.5) is 0 Å². The molecule has 0 amide bonds. The van der Waals surface area contributed by atoms with Crippen LogP contribution in [0.5, 0.6) is 0 Å². The fraction of sp³-hybridized carbons (Fsp3) is 0.467. The first kappa shape index (κ1) is 13.3. The summed E-state index contributed by atoms with van der Waals surface area (Å²) in [6, 6.07) is 7.88. The van der Waals surface area contributed by atoms with Crippen LogP contribution in [0.15, 0.2) is 28.8 Å². The maximum absolute atomic E-state index is 10.3. The van der Waals surface area contributed by atoms with Gasteiger partial charge < -0.3 is 15.4 Å². The average molecular weight is 273 g/mol. The summed E-state index contributed by atoms with van der Waals surface area (Å²) in [7, 11) is 0. The largest absolute Gasteiger partial charge is 0.380 e. The van der Waals surface area contributed by atoms with E-state index in [1.54, 1.807) is 0 Å². The predicted octanol–water partition coefficient (Wildman–Crippen LogP) is 2.05. The van der Waals surface area contributed by atoms with Crippen LogP contribution in [-0.2, 0) is 0 Å². The summed E-state index contributed by atoms with van der Waals surface area (Å²) in [5.74, 6) is 1.15. The molecule has 2 aromatic rings. The quantitative estimate of drug-likeness (QED) is 0.894. The molecule has 1 fully saturated rings. The molecule has 0 aliphatic heterocycles. The lowest BCUT2D eigenvalue weighted by Gasteiger charge is -2.06. The zero-order valence-electron chi connectivity index (χ0n) is 11.5. The molecule has 3 unspecified atom stereocenters. The molecular formula is C15H19N3O2. The highest BCUT2D eigenvalue weighted by Crippen LogP contribution is 2.33.